The molecule has 0 aliphatic heterocycles. The van der Waals surface area contributed by atoms with E-state index in [2.05, 4.69) is 0 Å². The summed E-state index contributed by atoms with van der Waals surface area (Å²) in [5, 5.41) is 0.883. The van der Waals surface area contributed by atoms with Crippen LogP contribution in [0.1, 0.15) is 40.1 Å². The minimum Gasteiger partial charge on any atom is -0.338 e. The van der Waals surface area contributed by atoms with Gasteiger partial charge in [0.25, 0.3) is 5.91 Å². The second kappa shape index (κ2) is 7.55. The van der Waals surface area contributed by atoms with Crippen LogP contribution in [0.15, 0.2) is 54.6 Å². The molecule has 0 radical (unpaired) electrons. The Kier molecular flexibility index (Phi) is 5.47. The molecule has 124 valence electrons. The molecule has 0 aliphatic rings. The fourth-order valence-corrected chi connectivity index (χ4v) is 2.01. The van der Waals surface area contributed by atoms with E-state index in [1.165, 1.54) is 13.1 Å². The van der Waals surface area contributed by atoms with Crippen LogP contribution >= 0.6 is 0 Å². The SMILES string of the molecule is CC(C)C(=O)ON(C)C(=O)c1cccc(C(=O)c2ccccc2)c1. The standard InChI is InChI=1S/C19H19NO4/c1-13(2)19(23)24-20(3)18(22)16-11-7-10-15(12-16)17(21)14-8-5-4-6-9-14/h4-13H,1-3H3. The van der Waals surface area contributed by atoms with E-state index in [9.17, 15) is 14.4 Å². The van der Waals surface area contributed by atoms with Gasteiger partial charge in [-0.15, -0.1) is 0 Å². The lowest BCUT2D eigenvalue weighted by molar-refractivity contribution is -0.177. The molecule has 5 heteroatoms. The highest BCUT2D eigenvalue weighted by molar-refractivity contribution is 6.10. The van der Waals surface area contributed by atoms with E-state index in [1.807, 2.05) is 6.07 Å². The van der Waals surface area contributed by atoms with E-state index < -0.39 is 11.9 Å². The first-order valence-corrected chi connectivity index (χ1v) is 7.60. The van der Waals surface area contributed by atoms with Gasteiger partial charge in [-0.25, -0.2) is 4.79 Å². The monoisotopic (exact) mass is 325 g/mol. The molecule has 2 aromatic rings. The fraction of sp³-hybridized carbons (Fsp3) is 0.211. The minimum atomic E-state index is -0.498. The fourth-order valence-electron chi connectivity index (χ4n) is 2.01. The topological polar surface area (TPSA) is 63.7 Å². The van der Waals surface area contributed by atoms with Crippen molar-refractivity contribution in [3.8, 4) is 0 Å². The normalized spacial score (nSPS) is 10.3. The first-order chi connectivity index (χ1) is 11.4. The molecule has 24 heavy (non-hydrogen) atoms. The molecule has 0 saturated heterocycles. The highest BCUT2D eigenvalue weighted by atomic mass is 16.7. The number of benzene rings is 2. The first-order valence-electron chi connectivity index (χ1n) is 7.60. The zero-order valence-corrected chi connectivity index (χ0v) is 13.9. The molecule has 2 rings (SSSR count). The lowest BCUT2D eigenvalue weighted by Gasteiger charge is -2.17. The number of hydrogen-bond acceptors (Lipinski definition) is 4. The molecule has 0 saturated carbocycles. The molecule has 0 bridgehead atoms. The molecule has 5 nitrogen and oxygen atoms in total. The van der Waals surface area contributed by atoms with Gasteiger partial charge in [-0.2, -0.15) is 5.06 Å². The maximum absolute atomic E-state index is 12.4. The zero-order valence-electron chi connectivity index (χ0n) is 13.9. The second-order valence-corrected chi connectivity index (χ2v) is 5.64. The van der Waals surface area contributed by atoms with Crippen molar-refractivity contribution in [2.45, 2.75) is 13.8 Å². The van der Waals surface area contributed by atoms with Crippen molar-refractivity contribution < 1.29 is 19.2 Å². The summed E-state index contributed by atoms with van der Waals surface area (Å²) < 4.78 is 0. The van der Waals surface area contributed by atoms with Crippen molar-refractivity contribution in [3.05, 3.63) is 71.3 Å². The van der Waals surface area contributed by atoms with Crippen molar-refractivity contribution in [1.82, 2.24) is 5.06 Å². The average Bonchev–Trinajstić information content (AvgIpc) is 2.61. The van der Waals surface area contributed by atoms with Gasteiger partial charge in [-0.1, -0.05) is 56.3 Å². The molecule has 0 aliphatic carbocycles. The van der Waals surface area contributed by atoms with Crippen molar-refractivity contribution >= 4 is 17.7 Å². The lowest BCUT2D eigenvalue weighted by Crippen LogP contribution is -2.31. The smallest absolute Gasteiger partial charge is 0.335 e. The van der Waals surface area contributed by atoms with Gasteiger partial charge in [0, 0.05) is 23.7 Å². The Morgan fingerprint density at radius 2 is 1.46 bits per heavy atom. The average molecular weight is 325 g/mol. The van der Waals surface area contributed by atoms with Gasteiger partial charge in [-0.05, 0) is 12.1 Å². The molecule has 0 heterocycles. The summed E-state index contributed by atoms with van der Waals surface area (Å²) in [6.07, 6.45) is 0. The van der Waals surface area contributed by atoms with Gasteiger partial charge < -0.3 is 4.84 Å². The summed E-state index contributed by atoms with van der Waals surface area (Å²) in [6.45, 7) is 3.36. The highest BCUT2D eigenvalue weighted by Crippen LogP contribution is 2.13. The van der Waals surface area contributed by atoms with Crippen LogP contribution in [0, 0.1) is 5.92 Å². The molecule has 0 atom stereocenters. The molecule has 0 unspecified atom stereocenters. The number of nitrogens with zero attached hydrogens (tertiary/aromatic N) is 1. The van der Waals surface area contributed by atoms with E-state index in [0.29, 0.717) is 11.1 Å². The molecular weight excluding hydrogens is 306 g/mol. The molecule has 2 aromatic carbocycles. The van der Waals surface area contributed by atoms with Crippen molar-refractivity contribution in [1.29, 1.82) is 0 Å². The van der Waals surface area contributed by atoms with Crippen LogP contribution in [-0.4, -0.2) is 29.8 Å². The Hall–Kier alpha value is -2.95. The summed E-state index contributed by atoms with van der Waals surface area (Å²) in [7, 11) is 1.37. The number of hydrogen-bond donors (Lipinski definition) is 0. The van der Waals surface area contributed by atoms with Crippen LogP contribution in [0.3, 0.4) is 0 Å². The summed E-state index contributed by atoms with van der Waals surface area (Å²) in [6, 6.07) is 15.2. The summed E-state index contributed by atoms with van der Waals surface area (Å²) in [5.41, 5.74) is 1.22. The number of rotatable bonds is 4. The quantitative estimate of drug-likeness (QED) is 0.640. The summed E-state index contributed by atoms with van der Waals surface area (Å²) in [4.78, 5) is 41.4. The molecular formula is C19H19NO4. The number of amides is 1. The molecule has 0 spiro atoms. The number of carbonyl (C=O) groups excluding carboxylic acids is 3. The van der Waals surface area contributed by atoms with Gasteiger partial charge in [0.1, 0.15) is 0 Å². The van der Waals surface area contributed by atoms with Crippen LogP contribution in [0.2, 0.25) is 0 Å². The van der Waals surface area contributed by atoms with Crippen molar-refractivity contribution in [2.75, 3.05) is 7.05 Å². The van der Waals surface area contributed by atoms with E-state index in [1.54, 1.807) is 56.3 Å². The van der Waals surface area contributed by atoms with Crippen LogP contribution in [-0.2, 0) is 9.63 Å². The van der Waals surface area contributed by atoms with E-state index in [-0.39, 0.29) is 17.3 Å². The summed E-state index contributed by atoms with van der Waals surface area (Å²) >= 11 is 0. The Labute approximate surface area is 140 Å². The minimum absolute atomic E-state index is 0.174. The van der Waals surface area contributed by atoms with Gasteiger partial charge in [0.15, 0.2) is 5.78 Å². The number of hydroxylamine groups is 2. The second-order valence-electron chi connectivity index (χ2n) is 5.64. The number of ketones is 1. The Balaban J connectivity index is 2.19. The highest BCUT2D eigenvalue weighted by Gasteiger charge is 2.19. The predicted octanol–water partition coefficient (Wildman–Crippen LogP) is 3.10. The molecule has 0 aromatic heterocycles. The predicted molar refractivity (Wildman–Crippen MR) is 89.3 cm³/mol. The Bertz CT molecular complexity index is 753. The summed E-state index contributed by atoms with van der Waals surface area (Å²) in [5.74, 6) is -1.51. The maximum Gasteiger partial charge on any atom is 0.335 e. The number of carbonyl (C=O) groups is 3. The van der Waals surface area contributed by atoms with E-state index in [0.717, 1.165) is 5.06 Å². The zero-order chi connectivity index (χ0) is 17.7. The van der Waals surface area contributed by atoms with Crippen LogP contribution in [0.25, 0.3) is 0 Å². The van der Waals surface area contributed by atoms with Gasteiger partial charge in [0.2, 0.25) is 0 Å². The van der Waals surface area contributed by atoms with Crippen molar-refractivity contribution in [2.24, 2.45) is 5.92 Å². The Morgan fingerprint density at radius 3 is 2.08 bits per heavy atom. The van der Waals surface area contributed by atoms with Gasteiger partial charge in [0.05, 0.1) is 5.92 Å². The van der Waals surface area contributed by atoms with E-state index >= 15 is 0 Å². The molecule has 1 amide bonds. The van der Waals surface area contributed by atoms with Crippen LogP contribution in [0.5, 0.6) is 0 Å². The third-order valence-electron chi connectivity index (χ3n) is 3.39. The lowest BCUT2D eigenvalue weighted by atomic mass is 10.0. The maximum atomic E-state index is 12.4. The largest absolute Gasteiger partial charge is 0.338 e. The van der Waals surface area contributed by atoms with Crippen LogP contribution < -0.4 is 0 Å². The molecule has 0 N–H and O–H groups in total. The van der Waals surface area contributed by atoms with Gasteiger partial charge in [-0.3, -0.25) is 9.59 Å². The Morgan fingerprint density at radius 1 is 0.875 bits per heavy atom. The first kappa shape index (κ1) is 17.4. The van der Waals surface area contributed by atoms with Crippen LogP contribution in [0.4, 0.5) is 0 Å². The third kappa shape index (κ3) is 4.07. The molecule has 0 fully saturated rings. The third-order valence-corrected chi connectivity index (χ3v) is 3.39. The van der Waals surface area contributed by atoms with E-state index in [4.69, 9.17) is 4.84 Å². The van der Waals surface area contributed by atoms with Gasteiger partial charge >= 0.3 is 5.97 Å². The van der Waals surface area contributed by atoms with Crippen molar-refractivity contribution in [3.63, 3.8) is 0 Å².